The van der Waals surface area contributed by atoms with Gasteiger partial charge < -0.3 is 15.8 Å². The van der Waals surface area contributed by atoms with E-state index in [0.29, 0.717) is 5.69 Å². The van der Waals surface area contributed by atoms with Crippen LogP contribution in [0.15, 0.2) is 29.2 Å². The predicted octanol–water partition coefficient (Wildman–Crippen LogP) is -0.300. The lowest BCUT2D eigenvalue weighted by Gasteiger charge is -2.10. The van der Waals surface area contributed by atoms with Crippen LogP contribution in [0.1, 0.15) is 6.92 Å². The summed E-state index contributed by atoms with van der Waals surface area (Å²) in [7, 11) is -3.73. The van der Waals surface area contributed by atoms with Gasteiger partial charge >= 0.3 is 0 Å². The molecule has 20 heavy (non-hydrogen) atoms. The van der Waals surface area contributed by atoms with E-state index in [0.717, 1.165) is 33.2 Å². The second kappa shape index (κ2) is 7.83. The van der Waals surface area contributed by atoms with Crippen LogP contribution < -0.4 is 15.8 Å². The predicted molar refractivity (Wildman–Crippen MR) is 75.5 cm³/mol. The number of hydrogen-bond acceptors (Lipinski definition) is 6. The van der Waals surface area contributed by atoms with E-state index in [1.54, 1.807) is 0 Å². The zero-order valence-electron chi connectivity index (χ0n) is 11.3. The topological polar surface area (TPSA) is 111 Å². The minimum atomic E-state index is -3.73. The first kappa shape index (κ1) is 16.4. The first-order valence-corrected chi connectivity index (χ1v) is 7.57. The molecular formula is C12H19N3O4S. The average Bonchev–Trinajstić information content (AvgIpc) is 2.40. The summed E-state index contributed by atoms with van der Waals surface area (Å²) < 4.78 is 29.6. The smallest absolute Gasteiger partial charge is 0.264 e. The molecule has 1 heterocycles. The van der Waals surface area contributed by atoms with Crippen molar-refractivity contribution < 1.29 is 17.9 Å². The second-order valence-corrected chi connectivity index (χ2v) is 5.78. The molecule has 1 aromatic carbocycles. The Balaban J connectivity index is 0.000000276. The zero-order chi connectivity index (χ0) is 15.0. The fourth-order valence-electron chi connectivity index (χ4n) is 1.41. The van der Waals surface area contributed by atoms with Crippen LogP contribution in [0.2, 0.25) is 0 Å². The van der Waals surface area contributed by atoms with Gasteiger partial charge in [-0.25, -0.2) is 13.1 Å². The summed E-state index contributed by atoms with van der Waals surface area (Å²) in [6.07, 6.45) is 0. The molecule has 0 radical (unpaired) electrons. The summed E-state index contributed by atoms with van der Waals surface area (Å²) in [5.41, 5.74) is 5.85. The number of morpholine rings is 1. The quantitative estimate of drug-likeness (QED) is 0.647. The molecule has 1 fully saturated rings. The summed E-state index contributed by atoms with van der Waals surface area (Å²) in [6.45, 7) is 4.97. The van der Waals surface area contributed by atoms with Gasteiger partial charge in [-0.1, -0.05) is 0 Å². The monoisotopic (exact) mass is 301 g/mol. The van der Waals surface area contributed by atoms with Crippen LogP contribution in [0.4, 0.5) is 5.69 Å². The van der Waals surface area contributed by atoms with Crippen LogP contribution in [-0.4, -0.2) is 40.6 Å². The third-order valence-corrected chi connectivity index (χ3v) is 3.76. The molecule has 1 saturated heterocycles. The number of nitrogen functional groups attached to an aromatic ring is 1. The van der Waals surface area contributed by atoms with Gasteiger partial charge in [0.1, 0.15) is 0 Å². The Hall–Kier alpha value is -1.64. The summed E-state index contributed by atoms with van der Waals surface area (Å²) >= 11 is 0. The summed E-state index contributed by atoms with van der Waals surface area (Å²) in [4.78, 5) is 10.6. The Morgan fingerprint density at radius 1 is 1.25 bits per heavy atom. The maximum Gasteiger partial charge on any atom is 0.264 e. The van der Waals surface area contributed by atoms with E-state index in [2.05, 4.69) is 5.32 Å². The van der Waals surface area contributed by atoms with Gasteiger partial charge in [-0.3, -0.25) is 4.79 Å². The van der Waals surface area contributed by atoms with Crippen molar-refractivity contribution in [1.29, 1.82) is 0 Å². The third kappa shape index (κ3) is 6.00. The van der Waals surface area contributed by atoms with Crippen molar-refractivity contribution in [1.82, 2.24) is 10.0 Å². The number of ether oxygens (including phenoxy) is 1. The lowest BCUT2D eigenvalue weighted by Crippen LogP contribution is -2.30. The number of anilines is 1. The maximum absolute atomic E-state index is 11.4. The lowest BCUT2D eigenvalue weighted by atomic mass is 10.3. The molecule has 7 nitrogen and oxygen atoms in total. The SMILES string of the molecule is C1COCCN1.CC(=O)NS(=O)(=O)c1ccc(N)cc1. The number of carbonyl (C=O) groups is 1. The van der Waals surface area contributed by atoms with Gasteiger partial charge in [0.15, 0.2) is 0 Å². The van der Waals surface area contributed by atoms with Crippen LogP contribution in [0.25, 0.3) is 0 Å². The average molecular weight is 301 g/mol. The van der Waals surface area contributed by atoms with Crippen LogP contribution in [0, 0.1) is 0 Å². The molecule has 1 aliphatic heterocycles. The molecule has 2 rings (SSSR count). The fourth-order valence-corrected chi connectivity index (χ4v) is 2.40. The van der Waals surface area contributed by atoms with E-state index in [4.69, 9.17) is 10.5 Å². The standard InChI is InChI=1S/C8H10N2O3S.C4H9NO/c1-6(11)10-14(12,13)8-4-2-7(9)3-5-8;1-3-6-4-2-5-1/h2-5H,9H2,1H3,(H,10,11);5H,1-4H2. The van der Waals surface area contributed by atoms with Crippen molar-refractivity contribution in [2.75, 3.05) is 32.0 Å². The highest BCUT2D eigenvalue weighted by molar-refractivity contribution is 7.90. The summed E-state index contributed by atoms with van der Waals surface area (Å²) in [5, 5.41) is 3.16. The Bertz CT molecular complexity index is 513. The van der Waals surface area contributed by atoms with Crippen molar-refractivity contribution in [3.05, 3.63) is 24.3 Å². The minimum Gasteiger partial charge on any atom is -0.399 e. The molecule has 0 atom stereocenters. The van der Waals surface area contributed by atoms with Gasteiger partial charge in [0.2, 0.25) is 5.91 Å². The maximum atomic E-state index is 11.4. The van der Waals surface area contributed by atoms with E-state index < -0.39 is 15.9 Å². The zero-order valence-corrected chi connectivity index (χ0v) is 12.1. The number of hydrogen-bond donors (Lipinski definition) is 3. The first-order valence-electron chi connectivity index (χ1n) is 6.09. The third-order valence-electron chi connectivity index (χ3n) is 2.31. The Morgan fingerprint density at radius 2 is 1.80 bits per heavy atom. The second-order valence-electron chi connectivity index (χ2n) is 4.09. The lowest BCUT2D eigenvalue weighted by molar-refractivity contribution is -0.117. The van der Waals surface area contributed by atoms with Gasteiger partial charge in [-0.05, 0) is 24.3 Å². The molecule has 1 aliphatic rings. The molecule has 112 valence electrons. The summed E-state index contributed by atoms with van der Waals surface area (Å²) in [6, 6.07) is 5.57. The van der Waals surface area contributed by atoms with Gasteiger partial charge in [-0.15, -0.1) is 0 Å². The molecule has 0 aromatic heterocycles. The van der Waals surface area contributed by atoms with Gasteiger partial charge in [0.05, 0.1) is 18.1 Å². The molecule has 0 spiro atoms. The summed E-state index contributed by atoms with van der Waals surface area (Å²) in [5.74, 6) is -0.623. The molecule has 1 aromatic rings. The highest BCUT2D eigenvalue weighted by Gasteiger charge is 2.14. The van der Waals surface area contributed by atoms with E-state index in [1.807, 2.05) is 4.72 Å². The van der Waals surface area contributed by atoms with E-state index >= 15 is 0 Å². The number of amides is 1. The van der Waals surface area contributed by atoms with Gasteiger partial charge in [0.25, 0.3) is 10.0 Å². The number of sulfonamides is 1. The number of benzene rings is 1. The van der Waals surface area contributed by atoms with E-state index in [9.17, 15) is 13.2 Å². The van der Waals surface area contributed by atoms with Gasteiger partial charge in [0, 0.05) is 25.7 Å². The van der Waals surface area contributed by atoms with Crippen LogP contribution in [0.3, 0.4) is 0 Å². The Morgan fingerprint density at radius 3 is 2.15 bits per heavy atom. The molecule has 0 saturated carbocycles. The Labute approximate surface area is 118 Å². The Kier molecular flexibility index (Phi) is 6.43. The molecule has 8 heteroatoms. The van der Waals surface area contributed by atoms with E-state index in [1.165, 1.54) is 24.3 Å². The fraction of sp³-hybridized carbons (Fsp3) is 0.417. The largest absolute Gasteiger partial charge is 0.399 e. The molecule has 0 aliphatic carbocycles. The molecule has 1 amide bonds. The van der Waals surface area contributed by atoms with Gasteiger partial charge in [-0.2, -0.15) is 0 Å². The highest BCUT2D eigenvalue weighted by Crippen LogP contribution is 2.10. The molecule has 0 unspecified atom stereocenters. The molecule has 4 N–H and O–H groups in total. The van der Waals surface area contributed by atoms with Crippen LogP contribution >= 0.6 is 0 Å². The number of carbonyl (C=O) groups excluding carboxylic acids is 1. The normalized spacial score (nSPS) is 14.8. The van der Waals surface area contributed by atoms with Crippen LogP contribution in [-0.2, 0) is 19.6 Å². The van der Waals surface area contributed by atoms with Crippen molar-refractivity contribution >= 4 is 21.6 Å². The number of nitrogens with one attached hydrogen (secondary N) is 2. The minimum absolute atomic E-state index is 0.0156. The van der Waals surface area contributed by atoms with Crippen molar-refractivity contribution in [2.24, 2.45) is 0 Å². The number of rotatable bonds is 2. The highest BCUT2D eigenvalue weighted by atomic mass is 32.2. The van der Waals surface area contributed by atoms with Crippen LogP contribution in [0.5, 0.6) is 0 Å². The van der Waals surface area contributed by atoms with Crippen molar-refractivity contribution in [2.45, 2.75) is 11.8 Å². The van der Waals surface area contributed by atoms with E-state index in [-0.39, 0.29) is 4.90 Å². The molecular weight excluding hydrogens is 282 g/mol. The van der Waals surface area contributed by atoms with Crippen molar-refractivity contribution in [3.63, 3.8) is 0 Å². The molecule has 0 bridgehead atoms. The van der Waals surface area contributed by atoms with Crippen molar-refractivity contribution in [3.8, 4) is 0 Å². The number of nitrogens with two attached hydrogens (primary N) is 1. The first-order chi connectivity index (χ1) is 9.42.